The predicted molar refractivity (Wildman–Crippen MR) is 80.0 cm³/mol. The molecular formula is C17H23NO2. The van der Waals surface area contributed by atoms with Crippen LogP contribution in [0.4, 0.5) is 5.69 Å². The molecule has 1 saturated heterocycles. The molecule has 20 heavy (non-hydrogen) atoms. The van der Waals surface area contributed by atoms with Gasteiger partial charge in [-0.1, -0.05) is 26.2 Å². The highest BCUT2D eigenvalue weighted by molar-refractivity contribution is 6.02. The van der Waals surface area contributed by atoms with E-state index in [9.17, 15) is 4.79 Å². The molecule has 1 aliphatic carbocycles. The lowest BCUT2D eigenvalue weighted by atomic mass is 9.73. The van der Waals surface area contributed by atoms with Crippen molar-refractivity contribution in [3.8, 4) is 5.75 Å². The molecule has 0 N–H and O–H groups in total. The van der Waals surface area contributed by atoms with E-state index in [-0.39, 0.29) is 11.8 Å². The van der Waals surface area contributed by atoms with E-state index < -0.39 is 0 Å². The molecule has 2 atom stereocenters. The normalized spacial score (nSPS) is 27.3. The topological polar surface area (TPSA) is 29.5 Å². The average Bonchev–Trinajstić information content (AvgIpc) is 2.52. The van der Waals surface area contributed by atoms with Gasteiger partial charge >= 0.3 is 0 Å². The lowest BCUT2D eigenvalue weighted by Gasteiger charge is -2.50. The van der Waals surface area contributed by atoms with E-state index in [1.54, 1.807) is 7.11 Å². The molecular weight excluding hydrogens is 250 g/mol. The minimum atomic E-state index is 0.181. The van der Waals surface area contributed by atoms with Gasteiger partial charge in [0.2, 0.25) is 5.91 Å². The first kappa shape index (κ1) is 13.5. The van der Waals surface area contributed by atoms with Crippen LogP contribution in [0.3, 0.4) is 0 Å². The van der Waals surface area contributed by atoms with Crippen molar-refractivity contribution in [2.45, 2.75) is 45.1 Å². The van der Waals surface area contributed by atoms with Gasteiger partial charge in [-0.05, 0) is 43.0 Å². The fourth-order valence-corrected chi connectivity index (χ4v) is 3.79. The predicted octanol–water partition coefficient (Wildman–Crippen LogP) is 3.63. The summed E-state index contributed by atoms with van der Waals surface area (Å²) in [5.74, 6) is 1.97. The van der Waals surface area contributed by atoms with Crippen molar-refractivity contribution >= 4 is 11.6 Å². The largest absolute Gasteiger partial charge is 0.497 e. The number of β-lactam (4-membered cyclic amide) rings is 1. The van der Waals surface area contributed by atoms with Crippen LogP contribution in [0, 0.1) is 11.8 Å². The SMILES string of the molecule is COc1ccc(N2C(=O)[C@@H](C)[C@H]2C2CCCCC2)cc1. The Kier molecular flexibility index (Phi) is 3.68. The number of nitrogens with zero attached hydrogens (tertiary/aromatic N) is 1. The summed E-state index contributed by atoms with van der Waals surface area (Å²) in [6.07, 6.45) is 6.54. The van der Waals surface area contributed by atoms with Gasteiger partial charge in [0.25, 0.3) is 0 Å². The van der Waals surface area contributed by atoms with Crippen LogP contribution in [0.15, 0.2) is 24.3 Å². The Morgan fingerprint density at radius 1 is 1.10 bits per heavy atom. The Morgan fingerprint density at radius 2 is 1.75 bits per heavy atom. The van der Waals surface area contributed by atoms with E-state index in [1.165, 1.54) is 32.1 Å². The monoisotopic (exact) mass is 273 g/mol. The Labute approximate surface area is 120 Å². The van der Waals surface area contributed by atoms with Crippen molar-refractivity contribution in [1.82, 2.24) is 0 Å². The van der Waals surface area contributed by atoms with Crippen LogP contribution in [0.5, 0.6) is 5.75 Å². The summed E-state index contributed by atoms with van der Waals surface area (Å²) >= 11 is 0. The smallest absolute Gasteiger partial charge is 0.232 e. The molecule has 1 saturated carbocycles. The van der Waals surface area contributed by atoms with Gasteiger partial charge in [-0.3, -0.25) is 4.79 Å². The highest BCUT2D eigenvalue weighted by Crippen LogP contribution is 2.42. The highest BCUT2D eigenvalue weighted by Gasteiger charge is 2.48. The zero-order valence-electron chi connectivity index (χ0n) is 12.3. The maximum absolute atomic E-state index is 12.3. The summed E-state index contributed by atoms with van der Waals surface area (Å²) in [5.41, 5.74) is 1.02. The van der Waals surface area contributed by atoms with Crippen LogP contribution < -0.4 is 9.64 Å². The second-order valence-corrected chi connectivity index (χ2v) is 6.08. The first-order valence-electron chi connectivity index (χ1n) is 7.69. The summed E-state index contributed by atoms with van der Waals surface area (Å²) in [4.78, 5) is 14.3. The Bertz CT molecular complexity index is 476. The first-order chi connectivity index (χ1) is 9.72. The summed E-state index contributed by atoms with van der Waals surface area (Å²) in [6, 6.07) is 8.26. The lowest BCUT2D eigenvalue weighted by molar-refractivity contribution is -0.131. The van der Waals surface area contributed by atoms with Crippen LogP contribution in [0.25, 0.3) is 0 Å². The molecule has 0 aromatic heterocycles. The molecule has 1 aliphatic heterocycles. The maximum atomic E-state index is 12.3. The minimum absolute atomic E-state index is 0.181. The van der Waals surface area contributed by atoms with E-state index in [0.717, 1.165) is 11.4 Å². The molecule has 0 unspecified atom stereocenters. The second-order valence-electron chi connectivity index (χ2n) is 6.08. The molecule has 3 nitrogen and oxygen atoms in total. The molecule has 1 heterocycles. The van der Waals surface area contributed by atoms with E-state index >= 15 is 0 Å². The number of rotatable bonds is 3. The quantitative estimate of drug-likeness (QED) is 0.787. The average molecular weight is 273 g/mol. The van der Waals surface area contributed by atoms with Gasteiger partial charge in [0.15, 0.2) is 0 Å². The van der Waals surface area contributed by atoms with Gasteiger partial charge in [0.1, 0.15) is 5.75 Å². The van der Waals surface area contributed by atoms with E-state index in [1.807, 2.05) is 29.2 Å². The van der Waals surface area contributed by atoms with E-state index in [0.29, 0.717) is 12.0 Å². The highest BCUT2D eigenvalue weighted by atomic mass is 16.5. The second kappa shape index (κ2) is 5.47. The first-order valence-corrected chi connectivity index (χ1v) is 7.69. The molecule has 108 valence electrons. The minimum Gasteiger partial charge on any atom is -0.497 e. The van der Waals surface area contributed by atoms with Crippen molar-refractivity contribution in [3.63, 3.8) is 0 Å². The number of anilines is 1. The number of hydrogen-bond donors (Lipinski definition) is 0. The standard InChI is InChI=1S/C17H23NO2/c1-12-16(13-6-4-3-5-7-13)18(17(12)19)14-8-10-15(20-2)11-9-14/h8-13,16H,3-7H2,1-2H3/t12-,16-/m0/s1. The Morgan fingerprint density at radius 3 is 2.35 bits per heavy atom. The molecule has 1 aromatic carbocycles. The fourth-order valence-electron chi connectivity index (χ4n) is 3.79. The van der Waals surface area contributed by atoms with Gasteiger partial charge < -0.3 is 9.64 Å². The molecule has 2 aliphatic rings. The number of hydrogen-bond acceptors (Lipinski definition) is 2. The molecule has 1 amide bonds. The Hall–Kier alpha value is -1.51. The zero-order chi connectivity index (χ0) is 14.1. The van der Waals surface area contributed by atoms with Gasteiger partial charge in [-0.15, -0.1) is 0 Å². The third-order valence-corrected chi connectivity index (χ3v) is 4.92. The van der Waals surface area contributed by atoms with Gasteiger partial charge in [-0.2, -0.15) is 0 Å². The molecule has 3 rings (SSSR count). The van der Waals surface area contributed by atoms with E-state index in [2.05, 4.69) is 6.92 Å². The van der Waals surface area contributed by atoms with Crippen molar-refractivity contribution in [2.24, 2.45) is 11.8 Å². The number of benzene rings is 1. The van der Waals surface area contributed by atoms with Crippen molar-refractivity contribution in [2.75, 3.05) is 12.0 Å². The summed E-state index contributed by atoms with van der Waals surface area (Å²) in [7, 11) is 1.66. The van der Waals surface area contributed by atoms with Crippen molar-refractivity contribution in [3.05, 3.63) is 24.3 Å². The molecule has 0 bridgehead atoms. The summed E-state index contributed by atoms with van der Waals surface area (Å²) in [6.45, 7) is 2.08. The van der Waals surface area contributed by atoms with Crippen LogP contribution in [-0.2, 0) is 4.79 Å². The van der Waals surface area contributed by atoms with Crippen LogP contribution >= 0.6 is 0 Å². The number of amides is 1. The number of ether oxygens (including phenoxy) is 1. The molecule has 1 aromatic rings. The molecule has 0 radical (unpaired) electrons. The zero-order valence-corrected chi connectivity index (χ0v) is 12.3. The fraction of sp³-hybridized carbons (Fsp3) is 0.588. The molecule has 3 heteroatoms. The Balaban J connectivity index is 1.80. The number of methoxy groups -OCH3 is 1. The van der Waals surface area contributed by atoms with Crippen molar-refractivity contribution < 1.29 is 9.53 Å². The van der Waals surface area contributed by atoms with Gasteiger partial charge in [0, 0.05) is 5.69 Å². The molecule has 2 fully saturated rings. The molecule has 0 spiro atoms. The van der Waals surface area contributed by atoms with Crippen LogP contribution in [-0.4, -0.2) is 19.1 Å². The number of carbonyl (C=O) groups is 1. The third kappa shape index (κ3) is 2.19. The number of carbonyl (C=O) groups excluding carboxylic acids is 1. The summed E-state index contributed by atoms with van der Waals surface area (Å²) < 4.78 is 5.19. The van der Waals surface area contributed by atoms with Crippen LogP contribution in [0.1, 0.15) is 39.0 Å². The van der Waals surface area contributed by atoms with Gasteiger partial charge in [0.05, 0.1) is 19.1 Å². The van der Waals surface area contributed by atoms with Gasteiger partial charge in [-0.25, -0.2) is 0 Å². The van der Waals surface area contributed by atoms with Crippen LogP contribution in [0.2, 0.25) is 0 Å². The summed E-state index contributed by atoms with van der Waals surface area (Å²) in [5, 5.41) is 0. The lowest BCUT2D eigenvalue weighted by Crippen LogP contribution is -2.63. The maximum Gasteiger partial charge on any atom is 0.232 e. The third-order valence-electron chi connectivity index (χ3n) is 4.92. The van der Waals surface area contributed by atoms with Crippen molar-refractivity contribution in [1.29, 1.82) is 0 Å². The van der Waals surface area contributed by atoms with E-state index in [4.69, 9.17) is 4.74 Å².